The van der Waals surface area contributed by atoms with Crippen molar-refractivity contribution in [3.05, 3.63) is 54.1 Å². The van der Waals surface area contributed by atoms with E-state index in [9.17, 15) is 14.4 Å². The maximum atomic E-state index is 12.2. The second-order valence-electron chi connectivity index (χ2n) is 7.83. The van der Waals surface area contributed by atoms with Crippen molar-refractivity contribution >= 4 is 35.1 Å². The Bertz CT molecular complexity index is 992. The van der Waals surface area contributed by atoms with Crippen LogP contribution in [0.15, 0.2) is 53.5 Å². The van der Waals surface area contributed by atoms with Crippen LogP contribution in [0.25, 0.3) is 0 Å². The summed E-state index contributed by atoms with van der Waals surface area (Å²) < 4.78 is 5.72. The first-order chi connectivity index (χ1) is 15.0. The van der Waals surface area contributed by atoms with E-state index in [0.717, 1.165) is 0 Å². The number of nitrogens with two attached hydrogens (primary N) is 2. The van der Waals surface area contributed by atoms with Gasteiger partial charge in [0.1, 0.15) is 11.4 Å². The lowest BCUT2D eigenvalue weighted by molar-refractivity contribution is -0.123. The van der Waals surface area contributed by atoms with Gasteiger partial charge in [-0.3, -0.25) is 14.4 Å². The van der Waals surface area contributed by atoms with Crippen molar-refractivity contribution in [2.75, 3.05) is 18.4 Å². The monoisotopic (exact) mass is 440 g/mol. The van der Waals surface area contributed by atoms with E-state index in [1.807, 2.05) is 20.8 Å². The number of rotatable bonds is 8. The Hall–Kier alpha value is -4.08. The molecule has 0 aromatic heterocycles. The van der Waals surface area contributed by atoms with Crippen LogP contribution in [0.1, 0.15) is 31.1 Å². The molecule has 2 aromatic rings. The highest BCUT2D eigenvalue weighted by Crippen LogP contribution is 2.20. The molecular formula is C22H28N6O4. The van der Waals surface area contributed by atoms with Gasteiger partial charge in [-0.2, -0.15) is 0 Å². The number of amides is 3. The molecule has 0 heterocycles. The summed E-state index contributed by atoms with van der Waals surface area (Å²) in [5.41, 5.74) is 11.6. The first-order valence-electron chi connectivity index (χ1n) is 9.85. The van der Waals surface area contributed by atoms with Gasteiger partial charge >= 0.3 is 0 Å². The molecule has 0 saturated carbocycles. The van der Waals surface area contributed by atoms with E-state index in [1.54, 1.807) is 42.5 Å². The smallest absolute Gasteiger partial charge is 0.251 e. The zero-order valence-electron chi connectivity index (χ0n) is 18.3. The van der Waals surface area contributed by atoms with E-state index in [0.29, 0.717) is 17.1 Å². The number of anilines is 1. The second kappa shape index (κ2) is 10.8. The van der Waals surface area contributed by atoms with Crippen LogP contribution in [0.4, 0.5) is 11.4 Å². The predicted octanol–water partition coefficient (Wildman–Crippen LogP) is 1.25. The molecule has 2 aromatic carbocycles. The molecule has 2 rings (SSSR count). The van der Waals surface area contributed by atoms with E-state index < -0.39 is 17.7 Å². The van der Waals surface area contributed by atoms with Crippen LogP contribution < -0.4 is 32.2 Å². The Morgan fingerprint density at radius 3 is 2.22 bits per heavy atom. The molecule has 170 valence electrons. The zero-order chi connectivity index (χ0) is 23.7. The maximum absolute atomic E-state index is 12.2. The number of carbonyl (C=O) groups excluding carboxylic acids is 3. The van der Waals surface area contributed by atoms with Crippen LogP contribution in [0, 0.1) is 0 Å². The summed E-state index contributed by atoms with van der Waals surface area (Å²) in [6.07, 6.45) is 0. The minimum absolute atomic E-state index is 0.130. The fourth-order valence-electron chi connectivity index (χ4n) is 2.53. The van der Waals surface area contributed by atoms with Crippen LogP contribution in [-0.2, 0) is 9.59 Å². The maximum Gasteiger partial charge on any atom is 0.251 e. The minimum Gasteiger partial charge on any atom is -0.488 e. The third kappa shape index (κ3) is 8.74. The van der Waals surface area contributed by atoms with Crippen LogP contribution >= 0.6 is 0 Å². The Kier molecular flexibility index (Phi) is 8.17. The molecule has 10 heteroatoms. The first-order valence-corrected chi connectivity index (χ1v) is 9.85. The van der Waals surface area contributed by atoms with Crippen LogP contribution in [0.3, 0.4) is 0 Å². The van der Waals surface area contributed by atoms with Gasteiger partial charge in [-0.1, -0.05) is 6.07 Å². The van der Waals surface area contributed by atoms with Crippen molar-refractivity contribution in [2.24, 2.45) is 16.5 Å². The zero-order valence-corrected chi connectivity index (χ0v) is 18.3. The van der Waals surface area contributed by atoms with Gasteiger partial charge in [-0.15, -0.1) is 0 Å². The van der Waals surface area contributed by atoms with Gasteiger partial charge < -0.3 is 32.2 Å². The number of hydrogen-bond acceptors (Lipinski definition) is 5. The number of carbonyl (C=O) groups is 3. The van der Waals surface area contributed by atoms with Gasteiger partial charge in [0.15, 0.2) is 5.96 Å². The van der Waals surface area contributed by atoms with Crippen molar-refractivity contribution in [1.82, 2.24) is 10.6 Å². The van der Waals surface area contributed by atoms with Gasteiger partial charge in [0.2, 0.25) is 11.8 Å². The summed E-state index contributed by atoms with van der Waals surface area (Å²) in [5, 5.41) is 7.58. The van der Waals surface area contributed by atoms with Crippen molar-refractivity contribution in [2.45, 2.75) is 26.4 Å². The molecule has 0 aliphatic rings. The SMILES string of the molecule is CC(C)(C)Oc1ccc(NC(=O)CNC(=O)CNC(=O)c2cccc(N=C(N)N)c2)cc1. The number of ether oxygens (including phenoxy) is 1. The van der Waals surface area contributed by atoms with E-state index >= 15 is 0 Å². The molecule has 10 nitrogen and oxygen atoms in total. The summed E-state index contributed by atoms with van der Waals surface area (Å²) in [7, 11) is 0. The van der Waals surface area contributed by atoms with Crippen LogP contribution in [-0.4, -0.2) is 42.4 Å². The third-order valence-electron chi connectivity index (χ3n) is 3.78. The number of benzene rings is 2. The normalized spacial score (nSPS) is 10.6. The standard InChI is InChI=1S/C22H28N6O4/c1-22(2,3)32-17-9-7-15(8-10-17)27-19(30)13-25-18(29)12-26-20(31)14-5-4-6-16(11-14)28-21(23)24/h4-11H,12-13H2,1-3H3,(H,25,29)(H,26,31)(H,27,30)(H4,23,24,28). The Morgan fingerprint density at radius 2 is 1.59 bits per heavy atom. The molecule has 0 bridgehead atoms. The topological polar surface area (TPSA) is 161 Å². The third-order valence-corrected chi connectivity index (χ3v) is 3.78. The van der Waals surface area contributed by atoms with Gasteiger partial charge in [0, 0.05) is 11.3 Å². The molecule has 0 aliphatic carbocycles. The highest BCUT2D eigenvalue weighted by atomic mass is 16.5. The van der Waals surface area contributed by atoms with Crippen molar-refractivity contribution in [3.8, 4) is 5.75 Å². The Morgan fingerprint density at radius 1 is 0.938 bits per heavy atom. The van der Waals surface area contributed by atoms with E-state index in [-0.39, 0.29) is 30.2 Å². The number of guanidine groups is 1. The molecule has 0 radical (unpaired) electrons. The number of aliphatic imine (C=N–C) groups is 1. The summed E-state index contributed by atoms with van der Waals surface area (Å²) in [5.74, 6) is -0.838. The molecule has 0 saturated heterocycles. The first kappa shape index (κ1) is 24.2. The van der Waals surface area contributed by atoms with E-state index in [2.05, 4.69) is 20.9 Å². The largest absolute Gasteiger partial charge is 0.488 e. The van der Waals surface area contributed by atoms with Gasteiger partial charge in [0.25, 0.3) is 5.91 Å². The molecule has 0 aliphatic heterocycles. The molecule has 3 amide bonds. The average molecular weight is 441 g/mol. The molecule has 32 heavy (non-hydrogen) atoms. The summed E-state index contributed by atoms with van der Waals surface area (Å²) in [4.78, 5) is 40.0. The second-order valence-corrected chi connectivity index (χ2v) is 7.83. The number of nitrogens with zero attached hydrogens (tertiary/aromatic N) is 1. The van der Waals surface area contributed by atoms with Gasteiger partial charge in [0.05, 0.1) is 18.8 Å². The predicted molar refractivity (Wildman–Crippen MR) is 123 cm³/mol. The molecular weight excluding hydrogens is 412 g/mol. The van der Waals surface area contributed by atoms with E-state index in [4.69, 9.17) is 16.2 Å². The summed E-state index contributed by atoms with van der Waals surface area (Å²) in [6.45, 7) is 5.29. The average Bonchev–Trinajstić information content (AvgIpc) is 2.70. The molecule has 0 spiro atoms. The lowest BCUT2D eigenvalue weighted by atomic mass is 10.2. The lowest BCUT2D eigenvalue weighted by Crippen LogP contribution is -2.40. The molecule has 0 atom stereocenters. The molecule has 7 N–H and O–H groups in total. The van der Waals surface area contributed by atoms with Crippen molar-refractivity contribution in [1.29, 1.82) is 0 Å². The quantitative estimate of drug-likeness (QED) is 0.307. The summed E-state index contributed by atoms with van der Waals surface area (Å²) in [6, 6.07) is 13.2. The highest BCUT2D eigenvalue weighted by Gasteiger charge is 2.12. The van der Waals surface area contributed by atoms with Gasteiger partial charge in [-0.25, -0.2) is 4.99 Å². The van der Waals surface area contributed by atoms with E-state index in [1.165, 1.54) is 6.07 Å². The highest BCUT2D eigenvalue weighted by molar-refractivity contribution is 5.98. The van der Waals surface area contributed by atoms with Crippen LogP contribution in [0.5, 0.6) is 5.75 Å². The summed E-state index contributed by atoms with van der Waals surface area (Å²) >= 11 is 0. The Labute approximate surface area is 186 Å². The fraction of sp³-hybridized carbons (Fsp3) is 0.273. The molecule has 0 unspecified atom stereocenters. The number of hydrogen-bond donors (Lipinski definition) is 5. The van der Waals surface area contributed by atoms with Crippen molar-refractivity contribution < 1.29 is 19.1 Å². The molecule has 0 fully saturated rings. The fourth-order valence-corrected chi connectivity index (χ4v) is 2.53. The lowest BCUT2D eigenvalue weighted by Gasteiger charge is -2.21. The minimum atomic E-state index is -0.511. The Balaban J connectivity index is 1.76. The van der Waals surface area contributed by atoms with Gasteiger partial charge in [-0.05, 0) is 63.2 Å². The van der Waals surface area contributed by atoms with Crippen LogP contribution in [0.2, 0.25) is 0 Å². The van der Waals surface area contributed by atoms with Crippen molar-refractivity contribution in [3.63, 3.8) is 0 Å². The number of nitrogens with one attached hydrogen (secondary N) is 3.